The minimum absolute atomic E-state index is 0.0149. The maximum Gasteiger partial charge on any atom is 0.201 e. The summed E-state index contributed by atoms with van der Waals surface area (Å²) in [5.74, 6) is -8.62. The highest BCUT2D eigenvalue weighted by atomic mass is 19.2. The zero-order chi connectivity index (χ0) is 27.4. The molecule has 1 aliphatic carbocycles. The molecule has 2 nitrogen and oxygen atoms in total. The molecular formula is C30H26F6O2. The van der Waals surface area contributed by atoms with Crippen molar-refractivity contribution in [2.24, 2.45) is 0 Å². The van der Waals surface area contributed by atoms with Crippen LogP contribution in [0.15, 0.2) is 54.6 Å². The second-order valence-corrected chi connectivity index (χ2v) is 9.15. The summed E-state index contributed by atoms with van der Waals surface area (Å²) in [4.78, 5) is 0. The lowest BCUT2D eigenvalue weighted by Crippen LogP contribution is -2.10. The molecule has 1 N–H and O–H groups in total. The summed E-state index contributed by atoms with van der Waals surface area (Å²) < 4.78 is 91.6. The Bertz CT molecular complexity index is 1400. The first-order valence-electron chi connectivity index (χ1n) is 12.3. The molecule has 3 aromatic carbocycles. The number of phenolic OH excluding ortho intramolecular Hbond substituents is 1. The molecule has 3 aromatic rings. The number of hydrogen-bond donors (Lipinski definition) is 1. The van der Waals surface area contributed by atoms with Crippen LogP contribution in [0.5, 0.6) is 11.5 Å². The first-order valence-corrected chi connectivity index (χ1v) is 12.3. The fourth-order valence-electron chi connectivity index (χ4n) is 4.62. The van der Waals surface area contributed by atoms with Gasteiger partial charge in [0.1, 0.15) is 6.61 Å². The van der Waals surface area contributed by atoms with Gasteiger partial charge in [0.2, 0.25) is 11.6 Å². The summed E-state index contributed by atoms with van der Waals surface area (Å²) >= 11 is 0. The topological polar surface area (TPSA) is 29.5 Å². The van der Waals surface area contributed by atoms with Gasteiger partial charge in [-0.25, -0.2) is 17.6 Å². The van der Waals surface area contributed by atoms with Crippen LogP contribution in [0.3, 0.4) is 0 Å². The van der Waals surface area contributed by atoms with Crippen molar-refractivity contribution in [2.45, 2.75) is 51.6 Å². The average molecular weight is 533 g/mol. The Kier molecular flexibility index (Phi) is 8.49. The Morgan fingerprint density at radius 3 is 2.29 bits per heavy atom. The normalized spacial score (nSPS) is 15.7. The van der Waals surface area contributed by atoms with Crippen molar-refractivity contribution in [2.75, 3.05) is 0 Å². The van der Waals surface area contributed by atoms with Crippen LogP contribution in [-0.2, 0) is 13.0 Å². The van der Waals surface area contributed by atoms with Gasteiger partial charge in [-0.2, -0.15) is 8.78 Å². The lowest BCUT2D eigenvalue weighted by atomic mass is 9.82. The number of phenols is 1. The van der Waals surface area contributed by atoms with E-state index in [0.29, 0.717) is 43.2 Å². The van der Waals surface area contributed by atoms with Gasteiger partial charge in [0, 0.05) is 11.1 Å². The molecule has 0 amide bonds. The van der Waals surface area contributed by atoms with E-state index in [9.17, 15) is 31.4 Å². The van der Waals surface area contributed by atoms with Crippen LogP contribution in [0.25, 0.3) is 5.57 Å². The van der Waals surface area contributed by atoms with Crippen molar-refractivity contribution in [1.82, 2.24) is 0 Å². The lowest BCUT2D eigenvalue weighted by Gasteiger charge is -2.24. The highest BCUT2D eigenvalue weighted by Crippen LogP contribution is 2.39. The molecule has 4 rings (SSSR count). The van der Waals surface area contributed by atoms with E-state index >= 15 is 0 Å². The van der Waals surface area contributed by atoms with E-state index in [1.54, 1.807) is 18.2 Å². The predicted octanol–water partition coefficient (Wildman–Crippen LogP) is 8.67. The number of hydrogen-bond acceptors (Lipinski definition) is 2. The van der Waals surface area contributed by atoms with Crippen LogP contribution in [0.1, 0.15) is 60.8 Å². The van der Waals surface area contributed by atoms with Crippen LogP contribution < -0.4 is 4.74 Å². The first kappa shape index (κ1) is 27.4. The summed E-state index contributed by atoms with van der Waals surface area (Å²) in [5, 5.41) is 9.19. The van der Waals surface area contributed by atoms with Gasteiger partial charge >= 0.3 is 0 Å². The summed E-state index contributed by atoms with van der Waals surface area (Å²) in [7, 11) is 0. The van der Waals surface area contributed by atoms with Gasteiger partial charge in [-0.15, -0.1) is 0 Å². The molecule has 0 radical (unpaired) electrons. The Balaban J connectivity index is 1.47. The molecule has 0 saturated heterocycles. The monoisotopic (exact) mass is 532 g/mol. The number of halogens is 6. The van der Waals surface area contributed by atoms with Gasteiger partial charge in [-0.05, 0) is 85.9 Å². The maximum absolute atomic E-state index is 14.9. The number of aryl methyl sites for hydroxylation is 1. The SMILES string of the molecule is C/C=C/CCc1ccc(C2CC=C(c3ccc(OCc4ccc(O)c(F)c4F)c(F)c3F)CC2)c(F)c1F. The smallest absolute Gasteiger partial charge is 0.201 e. The minimum Gasteiger partial charge on any atom is -0.505 e. The number of allylic oxidation sites excluding steroid dienone is 4. The third kappa shape index (κ3) is 5.59. The van der Waals surface area contributed by atoms with Crippen LogP contribution in [0.2, 0.25) is 0 Å². The molecule has 0 bridgehead atoms. The number of rotatable bonds is 8. The van der Waals surface area contributed by atoms with Crippen molar-refractivity contribution in [1.29, 1.82) is 0 Å². The van der Waals surface area contributed by atoms with E-state index in [0.717, 1.165) is 12.1 Å². The number of ether oxygens (including phenoxy) is 1. The molecule has 8 heteroatoms. The van der Waals surface area contributed by atoms with Crippen LogP contribution in [0.4, 0.5) is 26.3 Å². The summed E-state index contributed by atoms with van der Waals surface area (Å²) in [6, 6.07) is 7.72. The van der Waals surface area contributed by atoms with Crippen molar-refractivity contribution >= 4 is 5.57 Å². The molecule has 200 valence electrons. The van der Waals surface area contributed by atoms with Gasteiger partial charge in [0.25, 0.3) is 0 Å². The van der Waals surface area contributed by atoms with Gasteiger partial charge in [-0.1, -0.05) is 30.4 Å². The molecule has 0 spiro atoms. The van der Waals surface area contributed by atoms with E-state index in [2.05, 4.69) is 0 Å². The second-order valence-electron chi connectivity index (χ2n) is 9.15. The van der Waals surface area contributed by atoms with Crippen molar-refractivity contribution in [3.63, 3.8) is 0 Å². The third-order valence-electron chi connectivity index (χ3n) is 6.78. The van der Waals surface area contributed by atoms with Crippen molar-refractivity contribution in [3.8, 4) is 11.5 Å². The molecule has 0 saturated carbocycles. The minimum atomic E-state index is -1.46. The van der Waals surface area contributed by atoms with E-state index < -0.39 is 53.0 Å². The Morgan fingerprint density at radius 1 is 0.842 bits per heavy atom. The van der Waals surface area contributed by atoms with Crippen LogP contribution in [-0.4, -0.2) is 5.11 Å². The van der Waals surface area contributed by atoms with E-state index in [-0.39, 0.29) is 22.6 Å². The van der Waals surface area contributed by atoms with Gasteiger partial charge < -0.3 is 9.84 Å². The number of benzene rings is 3. The second kappa shape index (κ2) is 11.8. The van der Waals surface area contributed by atoms with E-state index in [1.165, 1.54) is 12.1 Å². The summed E-state index contributed by atoms with van der Waals surface area (Å²) in [6.45, 7) is 1.28. The quantitative estimate of drug-likeness (QED) is 0.232. The fraction of sp³-hybridized carbons (Fsp3) is 0.267. The fourth-order valence-corrected chi connectivity index (χ4v) is 4.62. The van der Waals surface area contributed by atoms with E-state index in [1.807, 2.05) is 19.1 Å². The third-order valence-corrected chi connectivity index (χ3v) is 6.78. The van der Waals surface area contributed by atoms with Crippen LogP contribution in [0, 0.1) is 34.9 Å². The first-order chi connectivity index (χ1) is 18.2. The Hall–Kier alpha value is -3.68. The van der Waals surface area contributed by atoms with Crippen molar-refractivity contribution < 1.29 is 36.2 Å². The molecular weight excluding hydrogens is 506 g/mol. The zero-order valence-electron chi connectivity index (χ0n) is 20.6. The molecule has 38 heavy (non-hydrogen) atoms. The zero-order valence-corrected chi connectivity index (χ0v) is 20.6. The average Bonchev–Trinajstić information content (AvgIpc) is 2.92. The summed E-state index contributed by atoms with van der Waals surface area (Å²) in [5.41, 5.74) is 0.843. The molecule has 0 aromatic heterocycles. The molecule has 1 unspecified atom stereocenters. The molecule has 1 aliphatic rings. The highest BCUT2D eigenvalue weighted by Gasteiger charge is 2.25. The van der Waals surface area contributed by atoms with Gasteiger partial charge in [0.05, 0.1) is 0 Å². The summed E-state index contributed by atoms with van der Waals surface area (Å²) in [6.07, 6.45) is 7.51. The highest BCUT2D eigenvalue weighted by molar-refractivity contribution is 5.68. The lowest BCUT2D eigenvalue weighted by molar-refractivity contribution is 0.276. The predicted molar refractivity (Wildman–Crippen MR) is 133 cm³/mol. The van der Waals surface area contributed by atoms with Gasteiger partial charge in [-0.3, -0.25) is 0 Å². The van der Waals surface area contributed by atoms with Crippen LogP contribution >= 0.6 is 0 Å². The Labute approximate surface area is 216 Å². The Morgan fingerprint density at radius 2 is 1.58 bits per heavy atom. The standard InChI is InChI=1S/C30H26F6O2/c1-2-3-4-5-19-10-12-21(27(33)25(19)31)17-6-8-18(9-7-17)22-13-15-24(30(36)28(22)34)38-16-20-11-14-23(37)29(35)26(20)32/h2-3,8,10-15,17,37H,4-7,9,16H2,1H3/b3-2+. The number of aromatic hydroxyl groups is 1. The molecule has 0 fully saturated rings. The van der Waals surface area contributed by atoms with Gasteiger partial charge in [0.15, 0.2) is 34.8 Å². The molecule has 0 heterocycles. The molecule has 0 aliphatic heterocycles. The van der Waals surface area contributed by atoms with E-state index in [4.69, 9.17) is 4.74 Å². The maximum atomic E-state index is 14.9. The van der Waals surface area contributed by atoms with Crippen molar-refractivity contribution in [3.05, 3.63) is 112 Å². The molecule has 1 atom stereocenters. The largest absolute Gasteiger partial charge is 0.505 e.